The summed E-state index contributed by atoms with van der Waals surface area (Å²) in [6.07, 6.45) is 44.9. The van der Waals surface area contributed by atoms with E-state index in [9.17, 15) is 9.59 Å². The molecule has 4 heteroatoms. The Kier molecular flexibility index (Phi) is 40.9. The fourth-order valence-electron chi connectivity index (χ4n) is 5.55. The molecule has 0 saturated carbocycles. The molecule has 0 aliphatic rings. The first-order valence-electron chi connectivity index (χ1n) is 18.7. The quantitative estimate of drug-likeness (QED) is 0.0556. The van der Waals surface area contributed by atoms with Crippen molar-refractivity contribution >= 4 is 11.9 Å². The highest BCUT2D eigenvalue weighted by molar-refractivity contribution is 5.66. The van der Waals surface area contributed by atoms with Gasteiger partial charge < -0.3 is 10.2 Å². The highest BCUT2D eigenvalue weighted by Gasteiger charge is 1.98. The summed E-state index contributed by atoms with van der Waals surface area (Å²) in [6, 6.07) is 0. The number of hydrogen-bond donors (Lipinski definition) is 2. The predicted molar refractivity (Wildman–Crippen MR) is 188 cm³/mol. The molecule has 0 heterocycles. The maximum Gasteiger partial charge on any atom is 0.303 e. The van der Waals surface area contributed by atoms with Crippen LogP contribution in [0.4, 0.5) is 0 Å². The monoisotopic (exact) mass is 607 g/mol. The van der Waals surface area contributed by atoms with E-state index in [1.807, 2.05) is 12.2 Å². The molecule has 0 aromatic heterocycles. The summed E-state index contributed by atoms with van der Waals surface area (Å²) in [5.74, 6) is -1.31. The SMILES string of the molecule is C=CCCCCCCCCCCCCCCCCC(=O)O.C=CCCCCCCCCCCCCCCCCCC(=O)O. The van der Waals surface area contributed by atoms with Gasteiger partial charge in [-0.1, -0.05) is 173 Å². The molecule has 0 aliphatic carbocycles. The van der Waals surface area contributed by atoms with Crippen LogP contribution in [0.25, 0.3) is 0 Å². The largest absolute Gasteiger partial charge is 0.481 e. The fourth-order valence-corrected chi connectivity index (χ4v) is 5.55. The minimum absolute atomic E-state index is 0.341. The van der Waals surface area contributed by atoms with Crippen molar-refractivity contribution in [2.45, 2.75) is 212 Å². The average molecular weight is 607 g/mol. The van der Waals surface area contributed by atoms with Crippen molar-refractivity contribution in [3.63, 3.8) is 0 Å². The Morgan fingerprint density at radius 3 is 0.651 bits per heavy atom. The van der Waals surface area contributed by atoms with Crippen LogP contribution >= 0.6 is 0 Å². The smallest absolute Gasteiger partial charge is 0.303 e. The van der Waals surface area contributed by atoms with Crippen LogP contribution in [0.1, 0.15) is 212 Å². The standard InChI is InChI=1S/C20H38O2.C19H36O2/c1-2-3-4-5-6-7-8-9-10-11-12-13-14-15-16-17-18-19-20(21)22;1-2-3-4-5-6-7-8-9-10-11-12-13-14-15-16-17-18-19(20)21/h2H,1,3-19H2,(H,21,22);2H,1,3-18H2,(H,20,21). The van der Waals surface area contributed by atoms with Gasteiger partial charge in [0.05, 0.1) is 0 Å². The third kappa shape index (κ3) is 47.6. The van der Waals surface area contributed by atoms with Crippen LogP contribution in [0.3, 0.4) is 0 Å². The second-order valence-corrected chi connectivity index (χ2v) is 12.7. The van der Waals surface area contributed by atoms with Gasteiger partial charge in [0.2, 0.25) is 0 Å². The first-order valence-corrected chi connectivity index (χ1v) is 18.7. The van der Waals surface area contributed by atoms with Gasteiger partial charge in [-0.3, -0.25) is 9.59 Å². The minimum Gasteiger partial charge on any atom is -0.481 e. The zero-order valence-electron chi connectivity index (χ0n) is 28.6. The lowest BCUT2D eigenvalue weighted by atomic mass is 10.0. The fraction of sp³-hybridized carbons (Fsp3) is 0.846. The van der Waals surface area contributed by atoms with Crippen LogP contribution in [-0.2, 0) is 9.59 Å². The van der Waals surface area contributed by atoms with Crippen molar-refractivity contribution in [3.05, 3.63) is 25.3 Å². The number of carbonyl (C=O) groups is 2. The molecule has 2 N–H and O–H groups in total. The van der Waals surface area contributed by atoms with Crippen LogP contribution < -0.4 is 0 Å². The third-order valence-corrected chi connectivity index (χ3v) is 8.35. The van der Waals surface area contributed by atoms with Crippen LogP contribution in [-0.4, -0.2) is 22.2 Å². The van der Waals surface area contributed by atoms with Gasteiger partial charge in [0.25, 0.3) is 0 Å². The van der Waals surface area contributed by atoms with Gasteiger partial charge in [-0.05, 0) is 38.5 Å². The van der Waals surface area contributed by atoms with Crippen molar-refractivity contribution in [3.8, 4) is 0 Å². The van der Waals surface area contributed by atoms with Gasteiger partial charge >= 0.3 is 11.9 Å². The molecule has 0 rings (SSSR count). The number of carboxylic acid groups (broad SMARTS) is 2. The summed E-state index contributed by atoms with van der Waals surface area (Å²) in [5.41, 5.74) is 0. The van der Waals surface area contributed by atoms with E-state index < -0.39 is 11.9 Å². The maximum absolute atomic E-state index is 10.4. The van der Waals surface area contributed by atoms with E-state index >= 15 is 0 Å². The van der Waals surface area contributed by atoms with Gasteiger partial charge in [0.1, 0.15) is 0 Å². The van der Waals surface area contributed by atoms with Gasteiger partial charge in [-0.25, -0.2) is 0 Å². The van der Waals surface area contributed by atoms with E-state index in [-0.39, 0.29) is 0 Å². The summed E-state index contributed by atoms with van der Waals surface area (Å²) in [7, 11) is 0. The molecule has 0 fully saturated rings. The number of unbranched alkanes of at least 4 members (excludes halogenated alkanes) is 29. The van der Waals surface area contributed by atoms with Crippen LogP contribution in [0.15, 0.2) is 25.3 Å². The molecule has 0 bridgehead atoms. The van der Waals surface area contributed by atoms with Crippen LogP contribution in [0.2, 0.25) is 0 Å². The zero-order valence-corrected chi connectivity index (χ0v) is 28.6. The van der Waals surface area contributed by atoms with Gasteiger partial charge in [-0.2, -0.15) is 0 Å². The van der Waals surface area contributed by atoms with Crippen molar-refractivity contribution in [2.24, 2.45) is 0 Å². The molecule has 0 aromatic carbocycles. The zero-order chi connectivity index (χ0) is 31.9. The lowest BCUT2D eigenvalue weighted by molar-refractivity contribution is -0.138. The molecule has 0 spiro atoms. The maximum atomic E-state index is 10.4. The molecule has 0 saturated heterocycles. The van der Waals surface area contributed by atoms with Crippen molar-refractivity contribution in [2.75, 3.05) is 0 Å². The van der Waals surface area contributed by atoms with Crippen molar-refractivity contribution < 1.29 is 19.8 Å². The normalized spacial score (nSPS) is 10.7. The molecule has 254 valence electrons. The van der Waals surface area contributed by atoms with Gasteiger partial charge in [-0.15, -0.1) is 13.2 Å². The second kappa shape index (κ2) is 40.4. The van der Waals surface area contributed by atoms with Gasteiger partial charge in [0.15, 0.2) is 0 Å². The molecule has 0 radical (unpaired) electrons. The van der Waals surface area contributed by atoms with E-state index in [2.05, 4.69) is 13.2 Å². The van der Waals surface area contributed by atoms with Crippen molar-refractivity contribution in [1.29, 1.82) is 0 Å². The number of aliphatic carboxylic acids is 2. The number of hydrogen-bond acceptors (Lipinski definition) is 2. The Hall–Kier alpha value is -1.58. The molecule has 0 atom stereocenters. The third-order valence-electron chi connectivity index (χ3n) is 8.35. The van der Waals surface area contributed by atoms with Crippen molar-refractivity contribution in [1.82, 2.24) is 0 Å². The summed E-state index contributed by atoms with van der Waals surface area (Å²) in [6.45, 7) is 7.50. The Bertz CT molecular complexity index is 586. The molecule has 0 amide bonds. The average Bonchev–Trinajstić information content (AvgIpc) is 2.98. The van der Waals surface area contributed by atoms with E-state index in [1.54, 1.807) is 0 Å². The number of carboxylic acids is 2. The molecular weight excluding hydrogens is 532 g/mol. The lowest BCUT2D eigenvalue weighted by Gasteiger charge is -2.03. The molecule has 43 heavy (non-hydrogen) atoms. The molecule has 0 aromatic rings. The Morgan fingerprint density at radius 2 is 0.488 bits per heavy atom. The van der Waals surface area contributed by atoms with Crippen LogP contribution in [0.5, 0.6) is 0 Å². The molecular formula is C39H74O4. The van der Waals surface area contributed by atoms with E-state index in [0.717, 1.165) is 25.7 Å². The predicted octanol–water partition coefficient (Wildman–Crippen LogP) is 13.4. The Balaban J connectivity index is 0. The first kappa shape index (κ1) is 43.5. The molecule has 0 aliphatic heterocycles. The van der Waals surface area contributed by atoms with E-state index in [4.69, 9.17) is 10.2 Å². The topological polar surface area (TPSA) is 74.6 Å². The summed E-state index contributed by atoms with van der Waals surface area (Å²) in [4.78, 5) is 20.7. The molecule has 4 nitrogen and oxygen atoms in total. The minimum atomic E-state index is -0.657. The number of allylic oxidation sites excluding steroid dienone is 2. The van der Waals surface area contributed by atoms with Crippen LogP contribution in [0, 0.1) is 0 Å². The number of rotatable bonds is 35. The van der Waals surface area contributed by atoms with Gasteiger partial charge in [0, 0.05) is 12.8 Å². The Labute approximate surface area is 268 Å². The summed E-state index contributed by atoms with van der Waals surface area (Å²) < 4.78 is 0. The van der Waals surface area contributed by atoms with E-state index in [1.165, 1.54) is 173 Å². The Morgan fingerprint density at radius 1 is 0.326 bits per heavy atom. The lowest BCUT2D eigenvalue weighted by Crippen LogP contribution is -1.93. The first-order chi connectivity index (χ1) is 21.0. The highest BCUT2D eigenvalue weighted by Crippen LogP contribution is 2.15. The van der Waals surface area contributed by atoms with E-state index in [0.29, 0.717) is 12.8 Å². The second-order valence-electron chi connectivity index (χ2n) is 12.7. The molecule has 0 unspecified atom stereocenters. The summed E-state index contributed by atoms with van der Waals surface area (Å²) in [5, 5.41) is 17.1. The summed E-state index contributed by atoms with van der Waals surface area (Å²) >= 11 is 0. The highest BCUT2D eigenvalue weighted by atomic mass is 16.4.